The highest BCUT2D eigenvalue weighted by molar-refractivity contribution is 9.10. The van der Waals surface area contributed by atoms with Crippen LogP contribution in [0.15, 0.2) is 21.5 Å². The molecular formula is C12H14BrF2NO3S. The molecule has 0 radical (unpaired) electrons. The summed E-state index contributed by atoms with van der Waals surface area (Å²) in [5, 5.41) is 9.33. The number of aliphatic hydroxyl groups excluding tert-OH is 1. The average molecular weight is 370 g/mol. The summed E-state index contributed by atoms with van der Waals surface area (Å²) >= 11 is 2.89. The highest BCUT2D eigenvalue weighted by Gasteiger charge is 2.41. The smallest absolute Gasteiger partial charge is 0.247 e. The Morgan fingerprint density at radius 3 is 2.65 bits per heavy atom. The van der Waals surface area contributed by atoms with Crippen LogP contribution in [0.1, 0.15) is 13.3 Å². The molecule has 0 spiro atoms. The number of rotatable bonds is 3. The number of aliphatic hydroxyl groups is 1. The fourth-order valence-corrected chi connectivity index (χ4v) is 5.28. The van der Waals surface area contributed by atoms with E-state index in [4.69, 9.17) is 0 Å². The van der Waals surface area contributed by atoms with Crippen molar-refractivity contribution in [3.63, 3.8) is 0 Å². The van der Waals surface area contributed by atoms with Crippen LogP contribution < -0.4 is 0 Å². The summed E-state index contributed by atoms with van der Waals surface area (Å²) in [7, 11) is -4.13. The highest BCUT2D eigenvalue weighted by atomic mass is 79.9. The van der Waals surface area contributed by atoms with Gasteiger partial charge in [0.2, 0.25) is 10.0 Å². The average Bonchev–Trinajstić information content (AvgIpc) is 2.69. The molecule has 4 nitrogen and oxygen atoms in total. The number of sulfonamides is 1. The molecule has 0 aromatic heterocycles. The van der Waals surface area contributed by atoms with E-state index in [9.17, 15) is 22.3 Å². The Kier molecular flexibility index (Phi) is 4.48. The van der Waals surface area contributed by atoms with Crippen LogP contribution in [-0.4, -0.2) is 37.0 Å². The zero-order chi connectivity index (χ0) is 15.1. The number of hydrogen-bond acceptors (Lipinski definition) is 3. The van der Waals surface area contributed by atoms with Crippen LogP contribution in [0.5, 0.6) is 0 Å². The molecule has 1 aliphatic rings. The number of halogens is 3. The summed E-state index contributed by atoms with van der Waals surface area (Å²) < 4.78 is 52.9. The van der Waals surface area contributed by atoms with Gasteiger partial charge in [-0.2, -0.15) is 4.31 Å². The van der Waals surface area contributed by atoms with Crippen LogP contribution in [0, 0.1) is 17.6 Å². The van der Waals surface area contributed by atoms with Crippen molar-refractivity contribution < 1.29 is 22.3 Å². The molecule has 1 heterocycles. The van der Waals surface area contributed by atoms with Crippen molar-refractivity contribution in [1.82, 2.24) is 4.31 Å². The summed E-state index contributed by atoms with van der Waals surface area (Å²) in [5.74, 6) is -2.02. The van der Waals surface area contributed by atoms with Crippen LogP contribution in [0.2, 0.25) is 0 Å². The van der Waals surface area contributed by atoms with Crippen LogP contribution >= 0.6 is 15.9 Å². The third kappa shape index (κ3) is 2.61. The van der Waals surface area contributed by atoms with Crippen molar-refractivity contribution in [3.8, 4) is 0 Å². The first-order valence-electron chi connectivity index (χ1n) is 6.06. The molecule has 1 saturated heterocycles. The molecule has 112 valence electrons. The molecular weight excluding hydrogens is 356 g/mol. The molecule has 0 aliphatic carbocycles. The maximum atomic E-state index is 13.9. The molecule has 20 heavy (non-hydrogen) atoms. The van der Waals surface area contributed by atoms with Gasteiger partial charge in [-0.25, -0.2) is 17.2 Å². The first-order valence-corrected chi connectivity index (χ1v) is 8.29. The lowest BCUT2D eigenvalue weighted by atomic mass is 10.0. The minimum atomic E-state index is -4.13. The van der Waals surface area contributed by atoms with Crippen LogP contribution in [0.3, 0.4) is 0 Å². The Balaban J connectivity index is 2.51. The van der Waals surface area contributed by atoms with E-state index in [0.717, 1.165) is 10.4 Å². The van der Waals surface area contributed by atoms with Crippen LogP contribution in [-0.2, 0) is 10.0 Å². The fraction of sp³-hybridized carbons (Fsp3) is 0.500. The van der Waals surface area contributed by atoms with E-state index in [0.29, 0.717) is 12.5 Å². The van der Waals surface area contributed by atoms with Crippen molar-refractivity contribution >= 4 is 26.0 Å². The zero-order valence-corrected chi connectivity index (χ0v) is 13.1. The lowest BCUT2D eigenvalue weighted by Gasteiger charge is -2.25. The predicted octanol–water partition coefficient (Wildman–Crippen LogP) is 2.12. The van der Waals surface area contributed by atoms with Crippen molar-refractivity contribution in [3.05, 3.63) is 28.2 Å². The van der Waals surface area contributed by atoms with Gasteiger partial charge in [-0.15, -0.1) is 0 Å². The van der Waals surface area contributed by atoms with E-state index in [2.05, 4.69) is 15.9 Å². The normalized spacial score (nSPS) is 24.2. The second kappa shape index (κ2) is 5.67. The number of benzene rings is 1. The molecule has 0 bridgehead atoms. The van der Waals surface area contributed by atoms with Gasteiger partial charge in [-0.3, -0.25) is 0 Å². The van der Waals surface area contributed by atoms with Gasteiger partial charge in [0.1, 0.15) is 16.5 Å². The lowest BCUT2D eigenvalue weighted by Crippen LogP contribution is -2.40. The third-order valence-corrected chi connectivity index (χ3v) is 6.44. The van der Waals surface area contributed by atoms with Gasteiger partial charge in [-0.1, -0.05) is 6.92 Å². The summed E-state index contributed by atoms with van der Waals surface area (Å²) in [4.78, 5) is -0.591. The minimum absolute atomic E-state index is 0.0166. The Bertz CT molecular complexity index is 600. The van der Waals surface area contributed by atoms with Crippen molar-refractivity contribution in [2.24, 2.45) is 5.92 Å². The molecule has 1 fully saturated rings. The third-order valence-electron chi connectivity index (χ3n) is 3.55. The molecule has 1 aromatic carbocycles. The van der Waals surface area contributed by atoms with Crippen molar-refractivity contribution in [2.45, 2.75) is 24.3 Å². The molecule has 0 amide bonds. The number of nitrogens with zero attached hydrogens (tertiary/aromatic N) is 1. The van der Waals surface area contributed by atoms with Gasteiger partial charge in [0.15, 0.2) is 0 Å². The molecule has 1 N–H and O–H groups in total. The lowest BCUT2D eigenvalue weighted by molar-refractivity contribution is 0.191. The molecule has 2 unspecified atom stereocenters. The first-order chi connectivity index (χ1) is 9.28. The Labute approximate surface area is 124 Å². The van der Waals surface area contributed by atoms with Gasteiger partial charge in [-0.05, 0) is 34.3 Å². The van der Waals surface area contributed by atoms with E-state index in [-0.39, 0.29) is 23.5 Å². The van der Waals surface area contributed by atoms with Gasteiger partial charge in [0.05, 0.1) is 12.6 Å². The molecule has 2 rings (SSSR count). The quantitative estimate of drug-likeness (QED) is 0.887. The van der Waals surface area contributed by atoms with Crippen LogP contribution in [0.4, 0.5) is 8.78 Å². The van der Waals surface area contributed by atoms with Crippen molar-refractivity contribution in [1.29, 1.82) is 0 Å². The Morgan fingerprint density at radius 2 is 2.10 bits per heavy atom. The van der Waals surface area contributed by atoms with Gasteiger partial charge >= 0.3 is 0 Å². The van der Waals surface area contributed by atoms with E-state index >= 15 is 0 Å². The molecule has 2 atom stereocenters. The second-order valence-electron chi connectivity index (χ2n) is 4.83. The van der Waals surface area contributed by atoms with E-state index < -0.39 is 32.6 Å². The zero-order valence-electron chi connectivity index (χ0n) is 10.7. The molecule has 0 saturated carbocycles. The Morgan fingerprint density at radius 1 is 1.45 bits per heavy atom. The molecule has 1 aromatic rings. The standard InChI is InChI=1S/C12H14BrF2NO3S/c1-7-2-3-16(11(7)6-17)20(18,19)12-9(13)4-8(14)5-10(12)15/h4-5,7,11,17H,2-3,6H2,1H3. The fourth-order valence-electron chi connectivity index (χ4n) is 2.44. The van der Waals surface area contributed by atoms with E-state index in [1.54, 1.807) is 0 Å². The monoisotopic (exact) mass is 369 g/mol. The number of hydrogen-bond donors (Lipinski definition) is 1. The SMILES string of the molecule is CC1CCN(S(=O)(=O)c2c(F)cc(F)cc2Br)C1CO. The summed E-state index contributed by atoms with van der Waals surface area (Å²) in [6.45, 7) is 1.70. The predicted molar refractivity (Wildman–Crippen MR) is 72.6 cm³/mol. The van der Waals surface area contributed by atoms with Crippen molar-refractivity contribution in [2.75, 3.05) is 13.2 Å². The highest BCUT2D eigenvalue weighted by Crippen LogP contribution is 2.34. The summed E-state index contributed by atoms with van der Waals surface area (Å²) in [6, 6.07) is 0.852. The van der Waals surface area contributed by atoms with Gasteiger partial charge in [0, 0.05) is 17.1 Å². The maximum absolute atomic E-state index is 13.9. The topological polar surface area (TPSA) is 57.6 Å². The van der Waals surface area contributed by atoms with Crippen LogP contribution in [0.25, 0.3) is 0 Å². The Hall–Kier alpha value is -0.570. The summed E-state index contributed by atoms with van der Waals surface area (Å²) in [6.07, 6.45) is 0.588. The minimum Gasteiger partial charge on any atom is -0.395 e. The largest absolute Gasteiger partial charge is 0.395 e. The summed E-state index contributed by atoms with van der Waals surface area (Å²) in [5.41, 5.74) is 0. The molecule has 8 heteroatoms. The second-order valence-corrected chi connectivity index (χ2v) is 7.51. The molecule has 1 aliphatic heterocycles. The first kappa shape index (κ1) is 15.8. The van der Waals surface area contributed by atoms with E-state index in [1.165, 1.54) is 0 Å². The van der Waals surface area contributed by atoms with Gasteiger partial charge in [0.25, 0.3) is 0 Å². The van der Waals surface area contributed by atoms with Gasteiger partial charge < -0.3 is 5.11 Å². The maximum Gasteiger partial charge on any atom is 0.247 e. The van der Waals surface area contributed by atoms with E-state index in [1.807, 2.05) is 6.92 Å².